The molecule has 20 heavy (non-hydrogen) atoms. The fraction of sp³-hybridized carbons (Fsp3) is 0. The zero-order valence-electron chi connectivity index (χ0n) is 10.6. The number of hydrogen-bond acceptors (Lipinski definition) is 3. The van der Waals surface area contributed by atoms with Crippen molar-refractivity contribution in [3.05, 3.63) is 66.9 Å². The lowest BCUT2D eigenvalue weighted by Crippen LogP contribution is -1.79. The highest BCUT2D eigenvalue weighted by Crippen LogP contribution is 2.28. The lowest BCUT2D eigenvalue weighted by Gasteiger charge is -1.99. The quantitative estimate of drug-likeness (QED) is 0.522. The molecule has 0 spiro atoms. The normalized spacial score (nSPS) is 11.0. The predicted octanol–water partition coefficient (Wildman–Crippen LogP) is 4.75. The van der Waals surface area contributed by atoms with Crippen molar-refractivity contribution in [1.29, 1.82) is 0 Å². The maximum atomic E-state index is 5.78. The van der Waals surface area contributed by atoms with E-state index in [4.69, 9.17) is 8.83 Å². The average Bonchev–Trinajstić information content (AvgIpc) is 3.16. The monoisotopic (exact) mass is 261 g/mol. The summed E-state index contributed by atoms with van der Waals surface area (Å²) in [6.07, 6.45) is 1.67. The molecule has 0 fully saturated rings. The van der Waals surface area contributed by atoms with Gasteiger partial charge in [-0.25, -0.2) is 4.98 Å². The predicted molar refractivity (Wildman–Crippen MR) is 77.1 cm³/mol. The van der Waals surface area contributed by atoms with Crippen LogP contribution >= 0.6 is 0 Å². The first-order valence-corrected chi connectivity index (χ1v) is 6.40. The third kappa shape index (κ3) is 1.80. The van der Waals surface area contributed by atoms with E-state index in [2.05, 4.69) is 4.98 Å². The topological polar surface area (TPSA) is 39.2 Å². The van der Waals surface area contributed by atoms with E-state index in [-0.39, 0.29) is 0 Å². The number of rotatable bonds is 2. The number of nitrogens with zero attached hydrogens (tertiary/aromatic N) is 1. The van der Waals surface area contributed by atoms with Crippen LogP contribution in [0.15, 0.2) is 75.8 Å². The van der Waals surface area contributed by atoms with Crippen LogP contribution in [0.2, 0.25) is 0 Å². The molecule has 0 amide bonds. The standard InChI is InChI=1S/C17H11NO2/c1-2-8-16-14(7-1)18-17(20-16)13-6-3-5-12(11-13)15-9-4-10-19-15/h1-11H. The van der Waals surface area contributed by atoms with Crippen LogP contribution in [0, 0.1) is 0 Å². The van der Waals surface area contributed by atoms with Gasteiger partial charge in [0.2, 0.25) is 5.89 Å². The second kappa shape index (κ2) is 4.38. The molecule has 96 valence electrons. The van der Waals surface area contributed by atoms with Crippen molar-refractivity contribution in [1.82, 2.24) is 4.98 Å². The molecule has 3 heteroatoms. The zero-order chi connectivity index (χ0) is 13.4. The molecule has 2 aromatic carbocycles. The molecular formula is C17H11NO2. The van der Waals surface area contributed by atoms with Crippen molar-refractivity contribution in [2.45, 2.75) is 0 Å². The van der Waals surface area contributed by atoms with E-state index in [1.165, 1.54) is 0 Å². The second-order valence-electron chi connectivity index (χ2n) is 4.54. The van der Waals surface area contributed by atoms with E-state index < -0.39 is 0 Å². The summed E-state index contributed by atoms with van der Waals surface area (Å²) < 4.78 is 11.2. The SMILES string of the molecule is c1cc(-c2ccco2)cc(-c2nc3ccccc3o2)c1. The van der Waals surface area contributed by atoms with E-state index >= 15 is 0 Å². The van der Waals surface area contributed by atoms with E-state index in [0.29, 0.717) is 5.89 Å². The number of hydrogen-bond donors (Lipinski definition) is 0. The minimum atomic E-state index is 0.625. The summed E-state index contributed by atoms with van der Waals surface area (Å²) in [5.41, 5.74) is 3.61. The van der Waals surface area contributed by atoms with Crippen molar-refractivity contribution in [3.63, 3.8) is 0 Å². The summed E-state index contributed by atoms with van der Waals surface area (Å²) in [5.74, 6) is 1.46. The highest BCUT2D eigenvalue weighted by Gasteiger charge is 2.09. The Hall–Kier alpha value is -2.81. The molecule has 0 saturated heterocycles. The van der Waals surface area contributed by atoms with Gasteiger partial charge in [0.25, 0.3) is 0 Å². The van der Waals surface area contributed by atoms with Crippen LogP contribution in [0.4, 0.5) is 0 Å². The lowest BCUT2D eigenvalue weighted by molar-refractivity contribution is 0.582. The summed E-state index contributed by atoms with van der Waals surface area (Å²) in [5, 5.41) is 0. The minimum Gasteiger partial charge on any atom is -0.464 e. The summed E-state index contributed by atoms with van der Waals surface area (Å²) in [7, 11) is 0. The van der Waals surface area contributed by atoms with Gasteiger partial charge >= 0.3 is 0 Å². The maximum Gasteiger partial charge on any atom is 0.227 e. The van der Waals surface area contributed by atoms with E-state index in [1.807, 2.05) is 60.7 Å². The van der Waals surface area contributed by atoms with E-state index in [1.54, 1.807) is 6.26 Å². The van der Waals surface area contributed by atoms with Gasteiger partial charge in [-0.3, -0.25) is 0 Å². The van der Waals surface area contributed by atoms with Gasteiger partial charge in [-0.2, -0.15) is 0 Å². The molecule has 0 aliphatic heterocycles. The third-order valence-corrected chi connectivity index (χ3v) is 3.21. The van der Waals surface area contributed by atoms with Crippen LogP contribution < -0.4 is 0 Å². The Bertz CT molecular complexity index is 826. The number of furan rings is 1. The minimum absolute atomic E-state index is 0.625. The van der Waals surface area contributed by atoms with E-state index in [0.717, 1.165) is 28.0 Å². The summed E-state index contributed by atoms with van der Waals surface area (Å²) >= 11 is 0. The fourth-order valence-electron chi connectivity index (χ4n) is 2.24. The van der Waals surface area contributed by atoms with E-state index in [9.17, 15) is 0 Å². The first kappa shape index (κ1) is 11.1. The fourth-order valence-corrected chi connectivity index (χ4v) is 2.24. The lowest BCUT2D eigenvalue weighted by atomic mass is 10.1. The summed E-state index contributed by atoms with van der Waals surface area (Å²) in [6, 6.07) is 19.5. The molecule has 4 aromatic rings. The molecule has 2 heterocycles. The Morgan fingerprint density at radius 3 is 2.55 bits per heavy atom. The number of aromatic nitrogens is 1. The van der Waals surface area contributed by atoms with Crippen LogP contribution in [0.1, 0.15) is 0 Å². The van der Waals surface area contributed by atoms with Gasteiger partial charge < -0.3 is 8.83 Å². The van der Waals surface area contributed by atoms with Crippen molar-refractivity contribution in [3.8, 4) is 22.8 Å². The van der Waals surface area contributed by atoms with Crippen LogP contribution in [0.25, 0.3) is 33.9 Å². The van der Waals surface area contributed by atoms with Crippen LogP contribution in [0.3, 0.4) is 0 Å². The summed E-state index contributed by atoms with van der Waals surface area (Å²) in [4.78, 5) is 4.51. The Labute approximate surface area is 115 Å². The van der Waals surface area contributed by atoms with Crippen LogP contribution in [0.5, 0.6) is 0 Å². The Morgan fingerprint density at radius 1 is 0.800 bits per heavy atom. The maximum absolute atomic E-state index is 5.78. The molecule has 0 unspecified atom stereocenters. The highest BCUT2D eigenvalue weighted by molar-refractivity contribution is 5.77. The Morgan fingerprint density at radius 2 is 1.70 bits per heavy atom. The molecular weight excluding hydrogens is 250 g/mol. The van der Waals surface area contributed by atoms with Crippen molar-refractivity contribution < 1.29 is 8.83 Å². The van der Waals surface area contributed by atoms with Gasteiger partial charge in [0.05, 0.1) is 6.26 Å². The van der Waals surface area contributed by atoms with Gasteiger partial charge in [-0.15, -0.1) is 0 Å². The van der Waals surface area contributed by atoms with Crippen LogP contribution in [-0.4, -0.2) is 4.98 Å². The molecule has 0 aliphatic carbocycles. The number of oxazole rings is 1. The van der Waals surface area contributed by atoms with Gasteiger partial charge in [0.15, 0.2) is 5.58 Å². The molecule has 0 radical (unpaired) electrons. The first-order valence-electron chi connectivity index (χ1n) is 6.40. The van der Waals surface area contributed by atoms with Crippen LogP contribution in [-0.2, 0) is 0 Å². The van der Waals surface area contributed by atoms with Crippen molar-refractivity contribution in [2.75, 3.05) is 0 Å². The Kier molecular flexibility index (Phi) is 2.42. The van der Waals surface area contributed by atoms with Gasteiger partial charge in [0.1, 0.15) is 11.3 Å². The number of benzene rings is 2. The number of para-hydroxylation sites is 2. The Balaban J connectivity index is 1.84. The average molecular weight is 261 g/mol. The number of fused-ring (bicyclic) bond motifs is 1. The third-order valence-electron chi connectivity index (χ3n) is 3.21. The molecule has 0 atom stereocenters. The molecule has 0 saturated carbocycles. The van der Waals surface area contributed by atoms with Gasteiger partial charge in [0, 0.05) is 11.1 Å². The largest absolute Gasteiger partial charge is 0.464 e. The van der Waals surface area contributed by atoms with Crippen molar-refractivity contribution in [2.24, 2.45) is 0 Å². The molecule has 4 rings (SSSR count). The summed E-state index contributed by atoms with van der Waals surface area (Å²) in [6.45, 7) is 0. The second-order valence-corrected chi connectivity index (χ2v) is 4.54. The molecule has 2 aromatic heterocycles. The van der Waals surface area contributed by atoms with Gasteiger partial charge in [-0.1, -0.05) is 24.3 Å². The molecule has 3 nitrogen and oxygen atoms in total. The van der Waals surface area contributed by atoms with Crippen molar-refractivity contribution >= 4 is 11.1 Å². The molecule has 0 N–H and O–H groups in total. The molecule has 0 aliphatic rings. The smallest absolute Gasteiger partial charge is 0.227 e. The molecule has 0 bridgehead atoms. The zero-order valence-corrected chi connectivity index (χ0v) is 10.6. The highest BCUT2D eigenvalue weighted by atomic mass is 16.3. The van der Waals surface area contributed by atoms with Gasteiger partial charge in [-0.05, 0) is 36.4 Å². The first-order chi connectivity index (χ1) is 9.90.